The third-order valence-electron chi connectivity index (χ3n) is 3.23. The van der Waals surface area contributed by atoms with E-state index in [-0.39, 0.29) is 5.91 Å². The van der Waals surface area contributed by atoms with Crippen molar-refractivity contribution in [2.24, 2.45) is 0 Å². The summed E-state index contributed by atoms with van der Waals surface area (Å²) < 4.78 is 5.20. The molecule has 0 aromatic heterocycles. The van der Waals surface area contributed by atoms with E-state index in [0.29, 0.717) is 6.42 Å². The molecule has 21 heavy (non-hydrogen) atoms. The summed E-state index contributed by atoms with van der Waals surface area (Å²) >= 11 is 0. The van der Waals surface area contributed by atoms with Crippen LogP contribution in [0.2, 0.25) is 0 Å². The SMILES string of the molecule is Cc1ccc2c(c1)CC[C@@H](NC(=O)OC(C)(C)C)C(=O)N2. The summed E-state index contributed by atoms with van der Waals surface area (Å²) in [7, 11) is 0. The lowest BCUT2D eigenvalue weighted by atomic mass is 10.0. The number of hydrogen-bond donors (Lipinski definition) is 2. The Labute approximate surface area is 125 Å². The van der Waals surface area contributed by atoms with Gasteiger partial charge in [0.05, 0.1) is 0 Å². The fraction of sp³-hybridized carbons (Fsp3) is 0.500. The molecule has 2 N–H and O–H groups in total. The molecule has 1 aliphatic heterocycles. The number of fused-ring (bicyclic) bond motifs is 1. The number of hydrogen-bond acceptors (Lipinski definition) is 3. The Balaban J connectivity index is 2.05. The number of benzene rings is 1. The number of amides is 2. The van der Waals surface area contributed by atoms with Gasteiger partial charge in [-0.2, -0.15) is 0 Å². The van der Waals surface area contributed by atoms with Crippen molar-refractivity contribution in [2.75, 3.05) is 5.32 Å². The van der Waals surface area contributed by atoms with Gasteiger partial charge in [0.15, 0.2) is 0 Å². The molecule has 1 aromatic carbocycles. The minimum Gasteiger partial charge on any atom is -0.444 e. The highest BCUT2D eigenvalue weighted by Crippen LogP contribution is 2.23. The van der Waals surface area contributed by atoms with Gasteiger partial charge in [-0.25, -0.2) is 4.79 Å². The van der Waals surface area contributed by atoms with E-state index in [4.69, 9.17) is 4.74 Å². The third kappa shape index (κ3) is 4.21. The second-order valence-electron chi connectivity index (χ2n) is 6.39. The van der Waals surface area contributed by atoms with E-state index in [1.54, 1.807) is 20.8 Å². The largest absolute Gasteiger partial charge is 0.444 e. The number of carbonyl (C=O) groups is 2. The lowest BCUT2D eigenvalue weighted by Crippen LogP contribution is -2.45. The first kappa shape index (κ1) is 15.4. The Hall–Kier alpha value is -2.04. The first-order valence-electron chi connectivity index (χ1n) is 7.14. The van der Waals surface area contributed by atoms with E-state index in [0.717, 1.165) is 23.2 Å². The Bertz CT molecular complexity index is 561. The van der Waals surface area contributed by atoms with Gasteiger partial charge in [0, 0.05) is 5.69 Å². The lowest BCUT2D eigenvalue weighted by Gasteiger charge is -2.22. The first-order valence-corrected chi connectivity index (χ1v) is 7.14. The monoisotopic (exact) mass is 290 g/mol. The molecule has 2 rings (SSSR count). The van der Waals surface area contributed by atoms with Gasteiger partial charge in [0.25, 0.3) is 0 Å². The van der Waals surface area contributed by atoms with E-state index >= 15 is 0 Å². The zero-order valence-corrected chi connectivity index (χ0v) is 12.9. The Morgan fingerprint density at radius 3 is 2.76 bits per heavy atom. The first-order chi connectivity index (χ1) is 9.74. The van der Waals surface area contributed by atoms with Crippen molar-refractivity contribution >= 4 is 17.7 Å². The van der Waals surface area contributed by atoms with Crippen molar-refractivity contribution in [3.05, 3.63) is 29.3 Å². The number of anilines is 1. The van der Waals surface area contributed by atoms with Crippen LogP contribution in [0.4, 0.5) is 10.5 Å². The maximum Gasteiger partial charge on any atom is 0.408 e. The summed E-state index contributed by atoms with van der Waals surface area (Å²) in [5.41, 5.74) is 2.49. The molecule has 2 amide bonds. The number of nitrogens with one attached hydrogen (secondary N) is 2. The van der Waals surface area contributed by atoms with Gasteiger partial charge < -0.3 is 15.4 Å². The molecular formula is C16H22N2O3. The van der Waals surface area contributed by atoms with Crippen molar-refractivity contribution in [1.29, 1.82) is 0 Å². The molecule has 0 aliphatic carbocycles. The molecule has 0 saturated heterocycles. The van der Waals surface area contributed by atoms with E-state index < -0.39 is 17.7 Å². The van der Waals surface area contributed by atoms with E-state index in [1.807, 2.05) is 19.1 Å². The van der Waals surface area contributed by atoms with Crippen molar-refractivity contribution in [3.8, 4) is 0 Å². The van der Waals surface area contributed by atoms with Crippen LogP contribution in [0, 0.1) is 6.92 Å². The second kappa shape index (κ2) is 5.76. The zero-order chi connectivity index (χ0) is 15.6. The number of aryl methyl sites for hydroxylation is 2. The topological polar surface area (TPSA) is 67.4 Å². The molecule has 0 unspecified atom stereocenters. The normalized spacial score (nSPS) is 18.3. The Morgan fingerprint density at radius 2 is 2.10 bits per heavy atom. The number of alkyl carbamates (subject to hydrolysis) is 1. The molecule has 1 heterocycles. The van der Waals surface area contributed by atoms with Gasteiger partial charge in [-0.1, -0.05) is 17.7 Å². The summed E-state index contributed by atoms with van der Waals surface area (Å²) in [4.78, 5) is 24.0. The molecule has 1 aliphatic rings. The fourth-order valence-corrected chi connectivity index (χ4v) is 2.29. The highest BCUT2D eigenvalue weighted by molar-refractivity contribution is 5.97. The van der Waals surface area contributed by atoms with Crippen LogP contribution in [0.5, 0.6) is 0 Å². The van der Waals surface area contributed by atoms with E-state index in [2.05, 4.69) is 16.7 Å². The number of carbonyl (C=O) groups excluding carboxylic acids is 2. The summed E-state index contributed by atoms with van der Waals surface area (Å²) in [5.74, 6) is -0.205. The predicted octanol–water partition coefficient (Wildman–Crippen LogP) is 2.77. The minimum absolute atomic E-state index is 0.205. The zero-order valence-electron chi connectivity index (χ0n) is 12.9. The molecule has 5 heteroatoms. The van der Waals surface area contributed by atoms with Crippen molar-refractivity contribution in [3.63, 3.8) is 0 Å². The molecule has 0 fully saturated rings. The van der Waals surface area contributed by atoms with E-state index in [9.17, 15) is 9.59 Å². The summed E-state index contributed by atoms with van der Waals surface area (Å²) in [6, 6.07) is 5.34. The molecular weight excluding hydrogens is 268 g/mol. The standard InChI is InChI=1S/C16H22N2O3/c1-10-5-7-12-11(9-10)6-8-13(14(19)17-12)18-15(20)21-16(2,3)4/h5,7,9,13H,6,8H2,1-4H3,(H,17,19)(H,18,20)/t13-/m1/s1. The quantitative estimate of drug-likeness (QED) is 0.835. The number of rotatable bonds is 1. The Morgan fingerprint density at radius 1 is 1.38 bits per heavy atom. The van der Waals surface area contributed by atoms with Crippen molar-refractivity contribution < 1.29 is 14.3 Å². The predicted molar refractivity (Wildman–Crippen MR) is 81.3 cm³/mol. The highest BCUT2D eigenvalue weighted by Gasteiger charge is 2.27. The summed E-state index contributed by atoms with van der Waals surface area (Å²) in [6.07, 6.45) is 0.724. The van der Waals surface area contributed by atoms with Crippen LogP contribution in [0.15, 0.2) is 18.2 Å². The summed E-state index contributed by atoms with van der Waals surface area (Å²) in [6.45, 7) is 7.39. The summed E-state index contributed by atoms with van der Waals surface area (Å²) in [5, 5.41) is 5.50. The highest BCUT2D eigenvalue weighted by atomic mass is 16.6. The molecule has 0 spiro atoms. The second-order valence-corrected chi connectivity index (χ2v) is 6.39. The average Bonchev–Trinajstić information content (AvgIpc) is 2.48. The van der Waals surface area contributed by atoms with Crippen LogP contribution in [0.3, 0.4) is 0 Å². The maximum atomic E-state index is 12.2. The van der Waals surface area contributed by atoms with Crippen LogP contribution in [-0.2, 0) is 16.0 Å². The average molecular weight is 290 g/mol. The maximum absolute atomic E-state index is 12.2. The van der Waals surface area contributed by atoms with Gasteiger partial charge in [-0.05, 0) is 52.2 Å². The van der Waals surface area contributed by atoms with Crippen molar-refractivity contribution in [2.45, 2.75) is 52.2 Å². The molecule has 1 atom stereocenters. The van der Waals surface area contributed by atoms with Crippen LogP contribution in [0.25, 0.3) is 0 Å². The molecule has 0 radical (unpaired) electrons. The van der Waals surface area contributed by atoms with Gasteiger partial charge in [0.2, 0.25) is 5.91 Å². The van der Waals surface area contributed by atoms with Crippen LogP contribution < -0.4 is 10.6 Å². The number of ether oxygens (including phenoxy) is 1. The fourth-order valence-electron chi connectivity index (χ4n) is 2.29. The molecule has 0 saturated carbocycles. The molecule has 1 aromatic rings. The van der Waals surface area contributed by atoms with Gasteiger partial charge in [-0.15, -0.1) is 0 Å². The van der Waals surface area contributed by atoms with Crippen LogP contribution in [-0.4, -0.2) is 23.6 Å². The van der Waals surface area contributed by atoms with Gasteiger partial charge in [0.1, 0.15) is 11.6 Å². The molecule has 5 nitrogen and oxygen atoms in total. The van der Waals surface area contributed by atoms with Gasteiger partial charge >= 0.3 is 6.09 Å². The minimum atomic E-state index is -0.578. The smallest absolute Gasteiger partial charge is 0.408 e. The molecule has 114 valence electrons. The Kier molecular flexibility index (Phi) is 4.21. The van der Waals surface area contributed by atoms with E-state index in [1.165, 1.54) is 0 Å². The third-order valence-corrected chi connectivity index (χ3v) is 3.23. The van der Waals surface area contributed by atoms with Crippen LogP contribution in [0.1, 0.15) is 38.3 Å². The lowest BCUT2D eigenvalue weighted by molar-refractivity contribution is -0.118. The van der Waals surface area contributed by atoms with Crippen molar-refractivity contribution in [1.82, 2.24) is 5.32 Å². The molecule has 0 bridgehead atoms. The van der Waals surface area contributed by atoms with Gasteiger partial charge in [-0.3, -0.25) is 4.79 Å². The van der Waals surface area contributed by atoms with Crippen LogP contribution >= 0.6 is 0 Å².